The fourth-order valence-electron chi connectivity index (χ4n) is 3.84. The van der Waals surface area contributed by atoms with E-state index in [0.717, 1.165) is 44.2 Å². The van der Waals surface area contributed by atoms with E-state index < -0.39 is 0 Å². The van der Waals surface area contributed by atoms with Crippen molar-refractivity contribution in [3.8, 4) is 23.0 Å². The summed E-state index contributed by atoms with van der Waals surface area (Å²) in [7, 11) is 0. The fraction of sp³-hybridized carbons (Fsp3) is 0. The minimum Gasteiger partial charge on any atom is -0.453 e. The standard InChI is InChI=1S/C24H17N7O/c25-11-12-1-5-16-18(7-12)31-24(29-16)21-9-13-2-3-15(10-20(13)32-21)23-28-17-6-4-14(22(26)27)8-19(17)30-23/h1-11,25H,(H3,26,27)(H,28,30)(H,29,31). The number of nitrogens with two attached hydrogens (primary N) is 1. The third-order valence-electron chi connectivity index (χ3n) is 5.49. The Hall–Kier alpha value is -4.72. The Morgan fingerprint density at radius 3 is 2.44 bits per heavy atom. The van der Waals surface area contributed by atoms with Crippen LogP contribution < -0.4 is 5.73 Å². The van der Waals surface area contributed by atoms with Crippen molar-refractivity contribution in [3.05, 3.63) is 71.8 Å². The van der Waals surface area contributed by atoms with Gasteiger partial charge in [0.15, 0.2) is 11.6 Å². The number of furan rings is 1. The minimum absolute atomic E-state index is 0.0206. The minimum atomic E-state index is 0.0206. The van der Waals surface area contributed by atoms with Gasteiger partial charge in [-0.2, -0.15) is 0 Å². The first-order chi connectivity index (χ1) is 15.6. The number of hydrogen-bond acceptors (Lipinski definition) is 5. The van der Waals surface area contributed by atoms with Gasteiger partial charge >= 0.3 is 0 Å². The number of nitrogens with one attached hydrogen (secondary N) is 4. The highest BCUT2D eigenvalue weighted by atomic mass is 16.3. The van der Waals surface area contributed by atoms with Gasteiger partial charge in [-0.05, 0) is 48.0 Å². The van der Waals surface area contributed by atoms with Crippen molar-refractivity contribution in [3.63, 3.8) is 0 Å². The second-order valence-corrected chi connectivity index (χ2v) is 7.60. The Balaban J connectivity index is 1.40. The van der Waals surface area contributed by atoms with E-state index in [9.17, 15) is 0 Å². The maximum atomic E-state index is 7.61. The van der Waals surface area contributed by atoms with Crippen LogP contribution in [0.15, 0.2) is 65.1 Å². The molecule has 6 aromatic rings. The predicted octanol–water partition coefficient (Wildman–Crippen LogP) is 4.80. The van der Waals surface area contributed by atoms with Crippen molar-refractivity contribution in [2.45, 2.75) is 0 Å². The molecule has 0 aliphatic heterocycles. The normalized spacial score (nSPS) is 11.5. The van der Waals surface area contributed by atoms with Gasteiger partial charge in [0, 0.05) is 22.7 Å². The number of fused-ring (bicyclic) bond motifs is 3. The molecule has 0 amide bonds. The molecule has 6 rings (SSSR count). The molecule has 0 atom stereocenters. The van der Waals surface area contributed by atoms with E-state index in [1.54, 1.807) is 6.07 Å². The first-order valence-corrected chi connectivity index (χ1v) is 9.96. The van der Waals surface area contributed by atoms with E-state index >= 15 is 0 Å². The zero-order chi connectivity index (χ0) is 21.8. The van der Waals surface area contributed by atoms with Gasteiger partial charge in [0.05, 0.1) is 22.1 Å². The molecule has 0 bridgehead atoms. The Kier molecular flexibility index (Phi) is 3.75. The molecule has 0 saturated heterocycles. The molecule has 3 heterocycles. The quantitative estimate of drug-likeness (QED) is 0.206. The van der Waals surface area contributed by atoms with Gasteiger partial charge in [0.1, 0.15) is 17.2 Å². The fourth-order valence-corrected chi connectivity index (χ4v) is 3.84. The van der Waals surface area contributed by atoms with Crippen LogP contribution in [0.2, 0.25) is 0 Å². The molecule has 6 N–H and O–H groups in total. The second kappa shape index (κ2) is 6.64. The number of nitrogen functional groups attached to an aromatic ring is 1. The molecule has 0 aliphatic carbocycles. The lowest BCUT2D eigenvalue weighted by Gasteiger charge is -1.96. The van der Waals surface area contributed by atoms with Gasteiger partial charge in [0.25, 0.3) is 0 Å². The van der Waals surface area contributed by atoms with Crippen LogP contribution in [0.4, 0.5) is 0 Å². The number of rotatable bonds is 4. The van der Waals surface area contributed by atoms with Gasteiger partial charge in [-0.15, -0.1) is 0 Å². The van der Waals surface area contributed by atoms with Crippen LogP contribution in [0.5, 0.6) is 0 Å². The maximum absolute atomic E-state index is 7.61. The van der Waals surface area contributed by atoms with E-state index in [4.69, 9.17) is 21.0 Å². The summed E-state index contributed by atoms with van der Waals surface area (Å²) in [6.07, 6.45) is 1.31. The summed E-state index contributed by atoms with van der Waals surface area (Å²) in [6.45, 7) is 0. The molecule has 8 nitrogen and oxygen atoms in total. The lowest BCUT2D eigenvalue weighted by atomic mass is 10.1. The highest BCUT2D eigenvalue weighted by molar-refractivity contribution is 5.98. The number of nitrogens with zero attached hydrogens (tertiary/aromatic N) is 2. The molecule has 154 valence electrons. The van der Waals surface area contributed by atoms with E-state index in [2.05, 4.69) is 19.9 Å². The molecule has 3 aromatic carbocycles. The van der Waals surface area contributed by atoms with Crippen molar-refractivity contribution in [1.29, 1.82) is 10.8 Å². The summed E-state index contributed by atoms with van der Waals surface area (Å²) in [5.74, 6) is 2.01. The van der Waals surface area contributed by atoms with Crippen LogP contribution in [0.1, 0.15) is 11.1 Å². The van der Waals surface area contributed by atoms with Crippen LogP contribution in [-0.4, -0.2) is 32.0 Å². The Labute approximate surface area is 181 Å². The Bertz CT molecular complexity index is 1690. The van der Waals surface area contributed by atoms with E-state index in [0.29, 0.717) is 23.0 Å². The molecule has 3 aromatic heterocycles. The lowest BCUT2D eigenvalue weighted by Crippen LogP contribution is -2.10. The molecule has 0 aliphatic rings. The van der Waals surface area contributed by atoms with Gasteiger partial charge in [-0.25, -0.2) is 9.97 Å². The number of aromatic nitrogens is 4. The van der Waals surface area contributed by atoms with Crippen molar-refractivity contribution in [2.75, 3.05) is 0 Å². The smallest absolute Gasteiger partial charge is 0.174 e. The average Bonchev–Trinajstić information content (AvgIpc) is 3.52. The SMILES string of the molecule is N=Cc1ccc2nc(-c3cc4ccc(-c5nc6ccc(C(=N)N)cc6[nH]5)cc4o3)[nH]c2c1. The van der Waals surface area contributed by atoms with Crippen molar-refractivity contribution < 1.29 is 4.42 Å². The van der Waals surface area contributed by atoms with Gasteiger partial charge in [0.2, 0.25) is 0 Å². The molecular weight excluding hydrogens is 402 g/mol. The van der Waals surface area contributed by atoms with Crippen molar-refractivity contribution >= 4 is 45.1 Å². The van der Waals surface area contributed by atoms with Crippen molar-refractivity contribution in [2.24, 2.45) is 5.73 Å². The predicted molar refractivity (Wildman–Crippen MR) is 125 cm³/mol. The number of amidine groups is 1. The lowest BCUT2D eigenvalue weighted by molar-refractivity contribution is 0.627. The Morgan fingerprint density at radius 2 is 1.62 bits per heavy atom. The molecular formula is C24H17N7O. The highest BCUT2D eigenvalue weighted by Gasteiger charge is 2.13. The number of H-pyrrole nitrogens is 2. The second-order valence-electron chi connectivity index (χ2n) is 7.60. The number of aromatic amines is 2. The van der Waals surface area contributed by atoms with E-state index in [-0.39, 0.29) is 5.84 Å². The Morgan fingerprint density at radius 1 is 0.875 bits per heavy atom. The molecule has 8 heteroatoms. The third-order valence-corrected chi connectivity index (χ3v) is 5.49. The third kappa shape index (κ3) is 2.85. The van der Waals surface area contributed by atoms with E-state index in [1.807, 2.05) is 54.6 Å². The van der Waals surface area contributed by atoms with Gasteiger partial charge < -0.3 is 25.5 Å². The molecule has 32 heavy (non-hydrogen) atoms. The molecule has 0 saturated carbocycles. The first-order valence-electron chi connectivity index (χ1n) is 9.96. The summed E-state index contributed by atoms with van der Waals surface area (Å²) >= 11 is 0. The van der Waals surface area contributed by atoms with Crippen molar-refractivity contribution in [1.82, 2.24) is 19.9 Å². The first kappa shape index (κ1) is 18.1. The molecule has 0 fully saturated rings. The molecule has 0 spiro atoms. The van der Waals surface area contributed by atoms with Crippen LogP contribution >= 0.6 is 0 Å². The summed E-state index contributed by atoms with van der Waals surface area (Å²) in [5, 5.41) is 16.0. The van der Waals surface area contributed by atoms with Crippen LogP contribution in [-0.2, 0) is 0 Å². The zero-order valence-corrected chi connectivity index (χ0v) is 16.7. The van der Waals surface area contributed by atoms with Crippen LogP contribution in [0.25, 0.3) is 56.0 Å². The summed E-state index contributed by atoms with van der Waals surface area (Å²) in [4.78, 5) is 15.8. The monoisotopic (exact) mass is 419 g/mol. The maximum Gasteiger partial charge on any atom is 0.174 e. The average molecular weight is 419 g/mol. The number of hydrogen-bond donors (Lipinski definition) is 5. The van der Waals surface area contributed by atoms with Crippen LogP contribution in [0.3, 0.4) is 0 Å². The van der Waals surface area contributed by atoms with Crippen LogP contribution in [0, 0.1) is 10.8 Å². The van der Waals surface area contributed by atoms with Gasteiger partial charge in [-0.3, -0.25) is 5.41 Å². The summed E-state index contributed by atoms with van der Waals surface area (Å²) in [5.41, 5.74) is 12.0. The van der Waals surface area contributed by atoms with Gasteiger partial charge in [-0.1, -0.05) is 18.2 Å². The highest BCUT2D eigenvalue weighted by Crippen LogP contribution is 2.31. The largest absolute Gasteiger partial charge is 0.453 e. The summed E-state index contributed by atoms with van der Waals surface area (Å²) in [6, 6.07) is 19.0. The molecule has 0 radical (unpaired) electrons. The summed E-state index contributed by atoms with van der Waals surface area (Å²) < 4.78 is 6.10. The molecule has 0 unspecified atom stereocenters. The number of imidazole rings is 2. The topological polar surface area (TPSA) is 144 Å². The van der Waals surface area contributed by atoms with E-state index in [1.165, 1.54) is 6.21 Å². The zero-order valence-electron chi connectivity index (χ0n) is 16.7. The number of benzene rings is 3.